The number of hydrogen-bond acceptors (Lipinski definition) is 3. The minimum atomic E-state index is -2.79. The molecule has 1 aliphatic carbocycles. The van der Waals surface area contributed by atoms with Crippen molar-refractivity contribution in [3.63, 3.8) is 0 Å². The zero-order valence-corrected chi connectivity index (χ0v) is 12.1. The molecule has 2 atom stereocenters. The van der Waals surface area contributed by atoms with Gasteiger partial charge in [-0.05, 0) is 38.3 Å². The Morgan fingerprint density at radius 1 is 1.12 bits per heavy atom. The molecule has 1 fully saturated rings. The lowest BCUT2D eigenvalue weighted by Crippen LogP contribution is -2.27. The minimum absolute atomic E-state index is 0.288. The highest BCUT2D eigenvalue weighted by Gasteiger charge is 2.24. The molecule has 2 unspecified atom stereocenters. The Balaban J connectivity index is 2.51. The quantitative estimate of drug-likeness (QED) is 0.746. The van der Waals surface area contributed by atoms with E-state index in [0.717, 1.165) is 13.0 Å². The van der Waals surface area contributed by atoms with Gasteiger partial charge in [-0.25, -0.2) is 8.42 Å². The fourth-order valence-electron chi connectivity index (χ4n) is 2.85. The van der Waals surface area contributed by atoms with Crippen LogP contribution in [0.5, 0.6) is 0 Å². The van der Waals surface area contributed by atoms with Gasteiger partial charge in [-0.2, -0.15) is 0 Å². The van der Waals surface area contributed by atoms with Gasteiger partial charge in [-0.3, -0.25) is 0 Å². The lowest BCUT2D eigenvalue weighted by Gasteiger charge is -2.24. The van der Waals surface area contributed by atoms with E-state index in [9.17, 15) is 8.42 Å². The second-order valence-corrected chi connectivity index (χ2v) is 7.71. The van der Waals surface area contributed by atoms with Crippen molar-refractivity contribution in [1.29, 1.82) is 0 Å². The summed E-state index contributed by atoms with van der Waals surface area (Å²) in [7, 11) is -0.799. The molecule has 0 aromatic carbocycles. The lowest BCUT2D eigenvalue weighted by atomic mass is 9.86. The van der Waals surface area contributed by atoms with E-state index < -0.39 is 9.84 Å². The van der Waals surface area contributed by atoms with Crippen LogP contribution in [0.25, 0.3) is 0 Å². The van der Waals surface area contributed by atoms with Crippen LogP contribution in [0.4, 0.5) is 0 Å². The molecule has 4 heteroatoms. The van der Waals surface area contributed by atoms with E-state index >= 15 is 0 Å². The predicted octanol–water partition coefficient (Wildman–Crippen LogP) is 2.23. The first kappa shape index (κ1) is 15.0. The maximum absolute atomic E-state index is 11.6. The first-order chi connectivity index (χ1) is 8.09. The molecular formula is C13H27NO2S. The van der Waals surface area contributed by atoms with E-state index in [4.69, 9.17) is 0 Å². The summed E-state index contributed by atoms with van der Waals surface area (Å²) in [5.41, 5.74) is 0. The van der Waals surface area contributed by atoms with Crippen LogP contribution >= 0.6 is 0 Å². The Hall–Kier alpha value is -0.0900. The molecule has 0 heterocycles. The monoisotopic (exact) mass is 261 g/mol. The first-order valence-corrected chi connectivity index (χ1v) is 8.76. The van der Waals surface area contributed by atoms with Crippen molar-refractivity contribution in [2.45, 2.75) is 45.4 Å². The fourth-order valence-corrected chi connectivity index (χ4v) is 3.80. The van der Waals surface area contributed by atoms with Gasteiger partial charge >= 0.3 is 0 Å². The highest BCUT2D eigenvalue weighted by atomic mass is 32.2. The van der Waals surface area contributed by atoms with Gasteiger partial charge in [0.2, 0.25) is 0 Å². The Morgan fingerprint density at radius 2 is 1.76 bits per heavy atom. The Bertz CT molecular complexity index is 301. The summed E-state index contributed by atoms with van der Waals surface area (Å²) >= 11 is 0. The van der Waals surface area contributed by atoms with Crippen molar-refractivity contribution < 1.29 is 8.42 Å². The van der Waals surface area contributed by atoms with Gasteiger partial charge in [0.15, 0.2) is 0 Å². The van der Waals surface area contributed by atoms with Gasteiger partial charge in [0, 0.05) is 5.75 Å². The second-order valence-electron chi connectivity index (χ2n) is 5.24. The first-order valence-electron chi connectivity index (χ1n) is 6.94. The van der Waals surface area contributed by atoms with Crippen LogP contribution in [0.1, 0.15) is 45.4 Å². The van der Waals surface area contributed by atoms with Crippen LogP contribution in [0.15, 0.2) is 0 Å². The summed E-state index contributed by atoms with van der Waals surface area (Å²) in [5, 5.41) is 3.26. The molecule has 0 aliphatic heterocycles. The van der Waals surface area contributed by atoms with Crippen molar-refractivity contribution in [3.8, 4) is 0 Å². The van der Waals surface area contributed by atoms with Crippen LogP contribution in [-0.4, -0.2) is 33.5 Å². The van der Waals surface area contributed by atoms with Crippen LogP contribution in [0.2, 0.25) is 0 Å². The van der Waals surface area contributed by atoms with E-state index in [2.05, 4.69) is 5.32 Å². The Morgan fingerprint density at radius 3 is 2.35 bits per heavy atom. The lowest BCUT2D eigenvalue weighted by molar-refractivity contribution is 0.298. The number of rotatable bonds is 6. The fraction of sp³-hybridized carbons (Fsp3) is 1.00. The zero-order valence-electron chi connectivity index (χ0n) is 11.2. The molecule has 0 aromatic heterocycles. The van der Waals surface area contributed by atoms with Crippen molar-refractivity contribution in [2.24, 2.45) is 11.8 Å². The molecule has 102 valence electrons. The zero-order chi connectivity index (χ0) is 12.7. The number of nitrogens with one attached hydrogen (secondary N) is 1. The maximum Gasteiger partial charge on any atom is 0.150 e. The molecule has 1 N–H and O–H groups in total. The molecule has 0 spiro atoms. The van der Waals surface area contributed by atoms with Crippen molar-refractivity contribution in [2.75, 3.05) is 25.1 Å². The summed E-state index contributed by atoms with van der Waals surface area (Å²) in [4.78, 5) is 0. The summed E-state index contributed by atoms with van der Waals surface area (Å²) < 4.78 is 23.2. The van der Waals surface area contributed by atoms with Crippen molar-refractivity contribution in [1.82, 2.24) is 5.32 Å². The van der Waals surface area contributed by atoms with E-state index in [1.165, 1.54) is 32.1 Å². The Labute approximate surface area is 106 Å². The van der Waals surface area contributed by atoms with E-state index in [-0.39, 0.29) is 5.75 Å². The van der Waals surface area contributed by atoms with Gasteiger partial charge < -0.3 is 5.32 Å². The third-order valence-corrected chi connectivity index (χ3v) is 5.76. The highest BCUT2D eigenvalue weighted by Crippen LogP contribution is 2.31. The van der Waals surface area contributed by atoms with Gasteiger partial charge in [-0.1, -0.05) is 32.6 Å². The molecule has 1 rings (SSSR count). The summed E-state index contributed by atoms with van der Waals surface area (Å²) in [6, 6.07) is 0. The Kier molecular flexibility index (Phi) is 6.49. The van der Waals surface area contributed by atoms with Crippen LogP contribution in [0.3, 0.4) is 0 Å². The largest absolute Gasteiger partial charge is 0.319 e. The highest BCUT2D eigenvalue weighted by molar-refractivity contribution is 7.91. The molecule has 1 saturated carbocycles. The maximum atomic E-state index is 11.6. The number of sulfone groups is 1. The predicted molar refractivity (Wildman–Crippen MR) is 72.9 cm³/mol. The molecule has 1 aliphatic rings. The third kappa shape index (κ3) is 5.38. The molecule has 0 aromatic rings. The van der Waals surface area contributed by atoms with Gasteiger partial charge in [0.25, 0.3) is 0 Å². The molecular weight excluding hydrogens is 234 g/mol. The molecule has 0 bridgehead atoms. The standard InChI is InChI=1S/C13H27NO2S/c1-3-17(15,16)10-9-12-7-5-4-6-8-13(12)11-14-2/h12-14H,3-11H2,1-2H3. The van der Waals surface area contributed by atoms with Crippen LogP contribution in [-0.2, 0) is 9.84 Å². The summed E-state index contributed by atoms with van der Waals surface area (Å²) in [5.74, 6) is 1.95. The van der Waals surface area contributed by atoms with Crippen LogP contribution < -0.4 is 5.32 Å². The normalized spacial score (nSPS) is 26.7. The van der Waals surface area contributed by atoms with E-state index in [1.54, 1.807) is 6.92 Å². The molecule has 3 nitrogen and oxygen atoms in total. The van der Waals surface area contributed by atoms with Gasteiger partial charge in [0.05, 0.1) is 5.75 Å². The summed E-state index contributed by atoms with van der Waals surface area (Å²) in [6.07, 6.45) is 7.24. The summed E-state index contributed by atoms with van der Waals surface area (Å²) in [6.45, 7) is 2.78. The molecule has 0 radical (unpaired) electrons. The van der Waals surface area contributed by atoms with Crippen molar-refractivity contribution >= 4 is 9.84 Å². The average Bonchev–Trinajstić information content (AvgIpc) is 2.53. The van der Waals surface area contributed by atoms with E-state index in [0.29, 0.717) is 17.6 Å². The van der Waals surface area contributed by atoms with E-state index in [1.807, 2.05) is 7.05 Å². The SMILES string of the molecule is CCS(=O)(=O)CCC1CCCCCC1CNC. The van der Waals surface area contributed by atoms with Gasteiger partial charge in [-0.15, -0.1) is 0 Å². The number of hydrogen-bond donors (Lipinski definition) is 1. The average molecular weight is 261 g/mol. The third-order valence-electron chi connectivity index (χ3n) is 4.02. The van der Waals surface area contributed by atoms with Gasteiger partial charge in [0.1, 0.15) is 9.84 Å². The minimum Gasteiger partial charge on any atom is -0.319 e. The van der Waals surface area contributed by atoms with Crippen LogP contribution in [0, 0.1) is 11.8 Å². The molecule has 17 heavy (non-hydrogen) atoms. The molecule has 0 amide bonds. The molecule has 0 saturated heterocycles. The second kappa shape index (κ2) is 7.37. The smallest absolute Gasteiger partial charge is 0.150 e. The van der Waals surface area contributed by atoms with Crippen molar-refractivity contribution in [3.05, 3.63) is 0 Å². The topological polar surface area (TPSA) is 46.2 Å².